The lowest BCUT2D eigenvalue weighted by molar-refractivity contribution is -0.125. The van der Waals surface area contributed by atoms with Crippen molar-refractivity contribution in [1.29, 1.82) is 0 Å². The lowest BCUT2D eigenvalue weighted by atomic mass is 9.76. The van der Waals surface area contributed by atoms with E-state index in [0.29, 0.717) is 6.04 Å². The number of pyridine rings is 1. The fraction of sp³-hybridized carbons (Fsp3) is 0.619. The molecule has 8 heteroatoms. The van der Waals surface area contributed by atoms with Crippen LogP contribution in [0.5, 0.6) is 0 Å². The Morgan fingerprint density at radius 1 is 1.31 bits per heavy atom. The van der Waals surface area contributed by atoms with Crippen molar-refractivity contribution >= 4 is 28.3 Å². The van der Waals surface area contributed by atoms with Crippen molar-refractivity contribution in [1.82, 2.24) is 14.8 Å². The Labute approximate surface area is 169 Å². The third-order valence-corrected chi connectivity index (χ3v) is 6.87. The van der Waals surface area contributed by atoms with Crippen LogP contribution < -0.4 is 11.1 Å². The maximum Gasteiger partial charge on any atom is 0.220 e. The molecule has 0 atom stereocenters. The molecule has 1 aliphatic heterocycles. The van der Waals surface area contributed by atoms with Gasteiger partial charge in [0.1, 0.15) is 5.60 Å². The van der Waals surface area contributed by atoms with Crippen LogP contribution in [0, 0.1) is 5.92 Å². The number of hydrogen-bond donors (Lipinski definition) is 2. The van der Waals surface area contributed by atoms with E-state index < -0.39 is 0 Å². The van der Waals surface area contributed by atoms with Crippen molar-refractivity contribution in [3.8, 4) is 0 Å². The third-order valence-electron chi connectivity index (χ3n) is 6.87. The number of hydrogen-bond acceptors (Lipinski definition) is 6. The van der Waals surface area contributed by atoms with Gasteiger partial charge in [-0.1, -0.05) is 5.16 Å². The Morgan fingerprint density at radius 2 is 2.10 bits per heavy atom. The van der Waals surface area contributed by atoms with Crippen LogP contribution in [0.2, 0.25) is 0 Å². The SMILES string of the molecule is CCn1ncc2c(NC3CCC3)c(C3=NOC4(CCC(C(N)=O)CC4)C3)cnc21. The first-order valence-corrected chi connectivity index (χ1v) is 10.7. The van der Waals surface area contributed by atoms with Crippen LogP contribution in [0.25, 0.3) is 11.0 Å². The maximum atomic E-state index is 11.5. The molecule has 2 aromatic heterocycles. The minimum absolute atomic E-state index is 0.0398. The highest BCUT2D eigenvalue weighted by Gasteiger charge is 2.44. The number of nitrogens with two attached hydrogens (primary N) is 1. The summed E-state index contributed by atoms with van der Waals surface area (Å²) in [7, 11) is 0. The molecule has 2 aliphatic carbocycles. The Hall–Kier alpha value is -2.64. The van der Waals surface area contributed by atoms with Crippen LogP contribution in [-0.2, 0) is 16.2 Å². The lowest BCUT2D eigenvalue weighted by Gasteiger charge is -2.33. The normalized spacial score (nSPS) is 26.9. The molecule has 0 saturated heterocycles. The molecule has 1 spiro atoms. The second-order valence-electron chi connectivity index (χ2n) is 8.68. The van der Waals surface area contributed by atoms with Gasteiger partial charge in [0.05, 0.1) is 23.0 Å². The number of carbonyl (C=O) groups excluding carboxylic acids is 1. The molecule has 0 aromatic carbocycles. The predicted molar refractivity (Wildman–Crippen MR) is 111 cm³/mol. The molecule has 3 heterocycles. The molecule has 154 valence electrons. The monoisotopic (exact) mass is 396 g/mol. The molecule has 0 radical (unpaired) electrons. The van der Waals surface area contributed by atoms with Gasteiger partial charge in [0.25, 0.3) is 0 Å². The fourth-order valence-corrected chi connectivity index (χ4v) is 4.75. The Morgan fingerprint density at radius 3 is 2.76 bits per heavy atom. The zero-order chi connectivity index (χ0) is 20.0. The summed E-state index contributed by atoms with van der Waals surface area (Å²) in [5.74, 6) is -0.240. The number of nitrogens with one attached hydrogen (secondary N) is 1. The van der Waals surface area contributed by atoms with Gasteiger partial charge in [-0.05, 0) is 51.9 Å². The number of primary amides is 1. The van der Waals surface area contributed by atoms with Gasteiger partial charge in [-0.3, -0.25) is 4.79 Å². The van der Waals surface area contributed by atoms with E-state index in [1.807, 2.05) is 17.1 Å². The number of anilines is 1. The lowest BCUT2D eigenvalue weighted by Crippen LogP contribution is -2.38. The van der Waals surface area contributed by atoms with Gasteiger partial charge in [0, 0.05) is 36.7 Å². The first kappa shape index (κ1) is 18.4. The van der Waals surface area contributed by atoms with Gasteiger partial charge in [-0.2, -0.15) is 5.10 Å². The zero-order valence-corrected chi connectivity index (χ0v) is 16.9. The number of aryl methyl sites for hydroxylation is 1. The van der Waals surface area contributed by atoms with Crippen LogP contribution in [0.4, 0.5) is 5.69 Å². The molecule has 2 fully saturated rings. The average molecular weight is 396 g/mol. The van der Waals surface area contributed by atoms with Crippen molar-refractivity contribution < 1.29 is 9.63 Å². The van der Waals surface area contributed by atoms with Crippen molar-refractivity contribution in [2.45, 2.75) is 76.5 Å². The van der Waals surface area contributed by atoms with Crippen molar-refractivity contribution in [2.75, 3.05) is 5.32 Å². The molecule has 3 aliphatic rings. The zero-order valence-electron chi connectivity index (χ0n) is 16.9. The summed E-state index contributed by atoms with van der Waals surface area (Å²) >= 11 is 0. The molecule has 1 amide bonds. The van der Waals surface area contributed by atoms with Gasteiger partial charge in [0.2, 0.25) is 5.91 Å². The quantitative estimate of drug-likeness (QED) is 0.808. The largest absolute Gasteiger partial charge is 0.389 e. The summed E-state index contributed by atoms with van der Waals surface area (Å²) in [6.07, 6.45) is 11.4. The molecular weight excluding hydrogens is 368 g/mol. The molecule has 0 unspecified atom stereocenters. The van der Waals surface area contributed by atoms with Gasteiger partial charge in [-0.15, -0.1) is 0 Å². The number of nitrogens with zero attached hydrogens (tertiary/aromatic N) is 4. The number of amides is 1. The van der Waals surface area contributed by atoms with Gasteiger partial charge < -0.3 is 15.9 Å². The number of carbonyl (C=O) groups is 1. The Kier molecular flexibility index (Phi) is 4.44. The summed E-state index contributed by atoms with van der Waals surface area (Å²) in [6, 6.07) is 0.493. The van der Waals surface area contributed by atoms with E-state index in [2.05, 4.69) is 22.5 Å². The van der Waals surface area contributed by atoms with Crippen molar-refractivity contribution in [2.24, 2.45) is 16.8 Å². The van der Waals surface area contributed by atoms with Gasteiger partial charge in [-0.25, -0.2) is 9.67 Å². The molecule has 0 bridgehead atoms. The van der Waals surface area contributed by atoms with Gasteiger partial charge in [0.15, 0.2) is 5.65 Å². The number of rotatable bonds is 5. The highest BCUT2D eigenvalue weighted by molar-refractivity contribution is 6.10. The predicted octanol–water partition coefficient (Wildman–Crippen LogP) is 2.95. The summed E-state index contributed by atoms with van der Waals surface area (Å²) < 4.78 is 1.92. The minimum atomic E-state index is -0.308. The second kappa shape index (κ2) is 7.00. The number of fused-ring (bicyclic) bond motifs is 1. The summed E-state index contributed by atoms with van der Waals surface area (Å²) in [5.41, 5.74) is 9.10. The number of aromatic nitrogens is 3. The molecule has 5 rings (SSSR count). The van der Waals surface area contributed by atoms with E-state index in [4.69, 9.17) is 15.6 Å². The summed E-state index contributed by atoms with van der Waals surface area (Å²) in [6.45, 7) is 2.86. The summed E-state index contributed by atoms with van der Waals surface area (Å²) in [4.78, 5) is 22.2. The molecule has 8 nitrogen and oxygen atoms in total. The van der Waals surface area contributed by atoms with Crippen LogP contribution >= 0.6 is 0 Å². The van der Waals surface area contributed by atoms with E-state index in [-0.39, 0.29) is 17.4 Å². The smallest absolute Gasteiger partial charge is 0.220 e. The standard InChI is InChI=1S/C21H28N6O2/c1-2-27-20-16(12-24-27)18(25-14-4-3-5-14)15(11-23-20)17-10-21(29-26-17)8-6-13(7-9-21)19(22)28/h11-14H,2-10H2,1H3,(H2,22,28)(H,23,25). The molecule has 29 heavy (non-hydrogen) atoms. The topological polar surface area (TPSA) is 107 Å². The summed E-state index contributed by atoms with van der Waals surface area (Å²) in [5, 5.41) is 13.8. The highest BCUT2D eigenvalue weighted by atomic mass is 16.7. The van der Waals surface area contributed by atoms with E-state index in [1.165, 1.54) is 19.3 Å². The average Bonchev–Trinajstić information content (AvgIpc) is 3.29. The fourth-order valence-electron chi connectivity index (χ4n) is 4.75. The Bertz CT molecular complexity index is 969. The van der Waals surface area contributed by atoms with Crippen LogP contribution in [0.15, 0.2) is 17.5 Å². The van der Waals surface area contributed by atoms with Crippen LogP contribution in [0.3, 0.4) is 0 Å². The molecule has 3 N–H and O–H groups in total. The maximum absolute atomic E-state index is 11.5. The first-order valence-electron chi connectivity index (χ1n) is 10.7. The van der Waals surface area contributed by atoms with E-state index in [1.54, 1.807) is 0 Å². The minimum Gasteiger partial charge on any atom is -0.389 e. The van der Waals surface area contributed by atoms with Gasteiger partial charge >= 0.3 is 0 Å². The molecule has 2 saturated carbocycles. The van der Waals surface area contributed by atoms with Crippen LogP contribution in [0.1, 0.15) is 63.9 Å². The Balaban J connectivity index is 1.44. The third kappa shape index (κ3) is 3.14. The second-order valence-corrected chi connectivity index (χ2v) is 8.68. The van der Waals surface area contributed by atoms with E-state index in [0.717, 1.165) is 66.6 Å². The van der Waals surface area contributed by atoms with E-state index >= 15 is 0 Å². The van der Waals surface area contributed by atoms with Crippen molar-refractivity contribution in [3.05, 3.63) is 18.0 Å². The van der Waals surface area contributed by atoms with Crippen LogP contribution in [-0.4, -0.2) is 38.0 Å². The highest BCUT2D eigenvalue weighted by Crippen LogP contribution is 2.43. The number of oxime groups is 1. The van der Waals surface area contributed by atoms with Crippen molar-refractivity contribution in [3.63, 3.8) is 0 Å². The van der Waals surface area contributed by atoms with E-state index in [9.17, 15) is 4.79 Å². The molecular formula is C21H28N6O2. The first-order chi connectivity index (χ1) is 14.1. The molecule has 2 aromatic rings.